The van der Waals surface area contributed by atoms with Crippen molar-refractivity contribution < 1.29 is 18.7 Å². The van der Waals surface area contributed by atoms with E-state index in [4.69, 9.17) is 9.15 Å². The number of carbonyl (C=O) groups is 2. The van der Waals surface area contributed by atoms with Crippen LogP contribution in [-0.2, 0) is 11.2 Å². The summed E-state index contributed by atoms with van der Waals surface area (Å²) in [7, 11) is 0. The summed E-state index contributed by atoms with van der Waals surface area (Å²) >= 11 is 0. The highest BCUT2D eigenvalue weighted by molar-refractivity contribution is 6.02. The van der Waals surface area contributed by atoms with Gasteiger partial charge < -0.3 is 9.15 Å². The van der Waals surface area contributed by atoms with Crippen LogP contribution in [0.2, 0.25) is 0 Å². The summed E-state index contributed by atoms with van der Waals surface area (Å²) in [5.41, 5.74) is 1.25. The Balaban J connectivity index is 1.70. The lowest BCUT2D eigenvalue weighted by Gasteiger charge is -2.17. The fraction of sp³-hybridized carbons (Fsp3) is 0.529. The number of furan rings is 1. The van der Waals surface area contributed by atoms with Crippen molar-refractivity contribution in [2.75, 3.05) is 6.61 Å². The van der Waals surface area contributed by atoms with Crippen molar-refractivity contribution in [3.8, 4) is 0 Å². The molecule has 0 aromatic carbocycles. The van der Waals surface area contributed by atoms with Gasteiger partial charge in [-0.1, -0.05) is 12.2 Å². The van der Waals surface area contributed by atoms with Crippen molar-refractivity contribution in [1.82, 2.24) is 0 Å². The molecule has 1 aromatic heterocycles. The number of allylic oxidation sites excluding steroid dienone is 2. The lowest BCUT2D eigenvalue weighted by Crippen LogP contribution is -2.15. The van der Waals surface area contributed by atoms with Crippen LogP contribution in [0.1, 0.15) is 64.3 Å². The van der Waals surface area contributed by atoms with Gasteiger partial charge in [-0.05, 0) is 38.5 Å². The molecule has 0 radical (unpaired) electrons. The maximum Gasteiger partial charge on any atom is 0.374 e. The van der Waals surface area contributed by atoms with Crippen LogP contribution in [0.5, 0.6) is 0 Å². The second kappa shape index (κ2) is 5.88. The molecular weight excluding hydrogens is 268 g/mol. The Bertz CT molecular complexity index is 594. The normalized spacial score (nSPS) is 21.2. The first-order chi connectivity index (χ1) is 10.2. The van der Waals surface area contributed by atoms with E-state index in [9.17, 15) is 9.59 Å². The highest BCUT2D eigenvalue weighted by Crippen LogP contribution is 2.30. The molecule has 1 aromatic rings. The number of carbonyl (C=O) groups excluding carboxylic acids is 2. The molecule has 0 N–H and O–H groups in total. The van der Waals surface area contributed by atoms with Gasteiger partial charge in [0.05, 0.1) is 12.2 Å². The third-order valence-electron chi connectivity index (χ3n) is 4.32. The monoisotopic (exact) mass is 288 g/mol. The molecule has 3 rings (SSSR count). The summed E-state index contributed by atoms with van der Waals surface area (Å²) in [5, 5.41) is 0. The Labute approximate surface area is 124 Å². The zero-order valence-corrected chi connectivity index (χ0v) is 12.3. The molecule has 0 spiro atoms. The van der Waals surface area contributed by atoms with Gasteiger partial charge in [0.15, 0.2) is 5.78 Å². The highest BCUT2D eigenvalue weighted by atomic mass is 16.5. The van der Waals surface area contributed by atoms with E-state index in [0.717, 1.165) is 32.1 Å². The van der Waals surface area contributed by atoms with Gasteiger partial charge in [-0.25, -0.2) is 4.79 Å². The van der Waals surface area contributed by atoms with Crippen LogP contribution in [0, 0.1) is 12.8 Å². The molecule has 21 heavy (non-hydrogen) atoms. The summed E-state index contributed by atoms with van der Waals surface area (Å²) in [6.45, 7) is 2.19. The molecule has 0 amide bonds. The average molecular weight is 288 g/mol. The Morgan fingerprint density at radius 3 is 2.95 bits per heavy atom. The van der Waals surface area contributed by atoms with E-state index in [1.807, 2.05) is 0 Å². The van der Waals surface area contributed by atoms with E-state index in [2.05, 4.69) is 12.2 Å². The van der Waals surface area contributed by atoms with Gasteiger partial charge in [-0.15, -0.1) is 0 Å². The van der Waals surface area contributed by atoms with E-state index < -0.39 is 5.97 Å². The molecule has 0 aliphatic heterocycles. The molecule has 1 atom stereocenters. The van der Waals surface area contributed by atoms with E-state index in [-0.39, 0.29) is 11.5 Å². The minimum atomic E-state index is -0.441. The number of aryl methyl sites for hydroxylation is 1. The van der Waals surface area contributed by atoms with Gasteiger partial charge in [-0.2, -0.15) is 0 Å². The summed E-state index contributed by atoms with van der Waals surface area (Å²) < 4.78 is 11.0. The summed E-state index contributed by atoms with van der Waals surface area (Å²) in [5.74, 6) is 0.890. The van der Waals surface area contributed by atoms with Crippen LogP contribution in [0.4, 0.5) is 0 Å². The van der Waals surface area contributed by atoms with E-state index in [1.54, 1.807) is 6.92 Å². The highest BCUT2D eigenvalue weighted by Gasteiger charge is 2.29. The van der Waals surface area contributed by atoms with Crippen molar-refractivity contribution in [2.24, 2.45) is 5.92 Å². The first-order valence-corrected chi connectivity index (χ1v) is 7.64. The second-order valence-electron chi connectivity index (χ2n) is 5.88. The van der Waals surface area contributed by atoms with Crippen LogP contribution in [0.25, 0.3) is 0 Å². The SMILES string of the molecule is Cc1c(C(=O)OCC2CC=CCC2)oc2c1C(=O)CCC2. The lowest BCUT2D eigenvalue weighted by molar-refractivity contribution is 0.0393. The van der Waals surface area contributed by atoms with Crippen LogP contribution in [0.3, 0.4) is 0 Å². The second-order valence-corrected chi connectivity index (χ2v) is 5.88. The van der Waals surface area contributed by atoms with Crippen molar-refractivity contribution in [2.45, 2.75) is 45.4 Å². The van der Waals surface area contributed by atoms with Gasteiger partial charge in [0.2, 0.25) is 5.76 Å². The summed E-state index contributed by atoms with van der Waals surface area (Å²) in [4.78, 5) is 24.1. The fourth-order valence-electron chi connectivity index (χ4n) is 3.11. The average Bonchev–Trinajstić information content (AvgIpc) is 2.84. The summed E-state index contributed by atoms with van der Waals surface area (Å²) in [6, 6.07) is 0. The molecule has 0 bridgehead atoms. The third kappa shape index (κ3) is 2.80. The minimum absolute atomic E-state index is 0.0777. The molecular formula is C17H20O4. The molecule has 4 heteroatoms. The van der Waals surface area contributed by atoms with Crippen LogP contribution < -0.4 is 0 Å². The van der Waals surface area contributed by atoms with Crippen LogP contribution in [0.15, 0.2) is 16.6 Å². The largest absolute Gasteiger partial charge is 0.460 e. The Morgan fingerprint density at radius 2 is 2.24 bits per heavy atom. The number of hydrogen-bond donors (Lipinski definition) is 0. The quantitative estimate of drug-likeness (QED) is 0.629. The van der Waals surface area contributed by atoms with Crippen molar-refractivity contribution >= 4 is 11.8 Å². The van der Waals surface area contributed by atoms with Crippen molar-refractivity contribution in [3.63, 3.8) is 0 Å². The molecule has 2 aliphatic carbocycles. The minimum Gasteiger partial charge on any atom is -0.460 e. The predicted molar refractivity (Wildman–Crippen MR) is 77.5 cm³/mol. The Kier molecular flexibility index (Phi) is 3.95. The van der Waals surface area contributed by atoms with E-state index in [0.29, 0.717) is 35.8 Å². The third-order valence-corrected chi connectivity index (χ3v) is 4.32. The van der Waals surface area contributed by atoms with Crippen molar-refractivity contribution in [1.29, 1.82) is 0 Å². The Morgan fingerprint density at radius 1 is 1.38 bits per heavy atom. The van der Waals surface area contributed by atoms with Gasteiger partial charge in [-0.3, -0.25) is 4.79 Å². The number of esters is 1. The predicted octanol–water partition coefficient (Wildman–Crippen LogP) is 3.62. The Hall–Kier alpha value is -1.84. The molecule has 1 unspecified atom stereocenters. The smallest absolute Gasteiger partial charge is 0.374 e. The number of ketones is 1. The lowest BCUT2D eigenvalue weighted by atomic mass is 9.94. The van der Waals surface area contributed by atoms with Crippen LogP contribution in [-0.4, -0.2) is 18.4 Å². The number of hydrogen-bond acceptors (Lipinski definition) is 4. The molecule has 4 nitrogen and oxygen atoms in total. The molecule has 112 valence electrons. The number of fused-ring (bicyclic) bond motifs is 1. The number of ether oxygens (including phenoxy) is 1. The van der Waals surface area contributed by atoms with Gasteiger partial charge in [0.1, 0.15) is 5.76 Å². The maximum atomic E-state index is 12.2. The van der Waals surface area contributed by atoms with Gasteiger partial charge in [0, 0.05) is 18.4 Å². The first kappa shape index (κ1) is 14.1. The number of rotatable bonds is 3. The molecule has 0 fully saturated rings. The van der Waals surface area contributed by atoms with Gasteiger partial charge >= 0.3 is 5.97 Å². The maximum absolute atomic E-state index is 12.2. The fourth-order valence-corrected chi connectivity index (χ4v) is 3.11. The first-order valence-electron chi connectivity index (χ1n) is 7.64. The molecule has 0 saturated carbocycles. The van der Waals surface area contributed by atoms with Gasteiger partial charge in [0.25, 0.3) is 0 Å². The number of Topliss-reactive ketones (excluding diaryl/α,β-unsaturated/α-hetero) is 1. The standard InChI is InChI=1S/C17H20O4/c1-11-15-13(18)8-5-9-14(15)21-16(11)17(19)20-10-12-6-3-2-4-7-12/h2-3,12H,4-10H2,1H3. The van der Waals surface area contributed by atoms with Crippen molar-refractivity contribution in [3.05, 3.63) is 34.8 Å². The molecule has 0 saturated heterocycles. The van der Waals surface area contributed by atoms with E-state index >= 15 is 0 Å². The topological polar surface area (TPSA) is 56.5 Å². The zero-order chi connectivity index (χ0) is 14.8. The molecule has 2 aliphatic rings. The molecule has 1 heterocycles. The summed E-state index contributed by atoms with van der Waals surface area (Å²) in [6.07, 6.45) is 9.41. The zero-order valence-electron chi connectivity index (χ0n) is 12.3. The van der Waals surface area contributed by atoms with Crippen LogP contribution >= 0.6 is 0 Å². The van der Waals surface area contributed by atoms with E-state index in [1.165, 1.54) is 0 Å².